The second-order valence-corrected chi connectivity index (χ2v) is 4.66. The highest BCUT2D eigenvalue weighted by Gasteiger charge is 2.05. The van der Waals surface area contributed by atoms with Gasteiger partial charge < -0.3 is 10.6 Å². The standard InChI is InChI=1S/C15H14F2N2S/c1-2-10-3-6-12(7-4-10)18-15(20)19-14-8-5-11(16)9-13(14)17/h3-9H,2H2,1H3,(H2,18,19,20). The average Bonchev–Trinajstić information content (AvgIpc) is 2.43. The van der Waals surface area contributed by atoms with Crippen molar-refractivity contribution in [2.24, 2.45) is 0 Å². The molecule has 2 aromatic carbocycles. The maximum atomic E-state index is 13.5. The van der Waals surface area contributed by atoms with E-state index in [-0.39, 0.29) is 10.8 Å². The quantitative estimate of drug-likeness (QED) is 0.823. The van der Waals surface area contributed by atoms with Gasteiger partial charge >= 0.3 is 0 Å². The summed E-state index contributed by atoms with van der Waals surface area (Å²) in [5.41, 5.74) is 2.16. The molecule has 0 aliphatic heterocycles. The summed E-state index contributed by atoms with van der Waals surface area (Å²) in [6.45, 7) is 2.08. The van der Waals surface area contributed by atoms with Gasteiger partial charge in [-0.15, -0.1) is 0 Å². The molecule has 0 aliphatic rings. The van der Waals surface area contributed by atoms with Crippen LogP contribution >= 0.6 is 12.2 Å². The molecule has 104 valence electrons. The number of benzene rings is 2. The summed E-state index contributed by atoms with van der Waals surface area (Å²) < 4.78 is 26.2. The third-order valence-corrected chi connectivity index (χ3v) is 3.00. The monoisotopic (exact) mass is 292 g/mol. The zero-order valence-corrected chi connectivity index (χ0v) is 11.7. The lowest BCUT2D eigenvalue weighted by atomic mass is 10.1. The number of anilines is 2. The van der Waals surface area contributed by atoms with Gasteiger partial charge in [-0.1, -0.05) is 19.1 Å². The van der Waals surface area contributed by atoms with Crippen molar-refractivity contribution in [1.29, 1.82) is 0 Å². The predicted octanol–water partition coefficient (Wildman–Crippen LogP) is 4.34. The molecule has 0 radical (unpaired) electrons. The predicted molar refractivity (Wildman–Crippen MR) is 82.0 cm³/mol. The SMILES string of the molecule is CCc1ccc(NC(=S)Nc2ccc(F)cc2F)cc1. The molecule has 0 unspecified atom stereocenters. The van der Waals surface area contributed by atoms with E-state index >= 15 is 0 Å². The Bertz CT molecular complexity index is 612. The number of aryl methyl sites for hydroxylation is 1. The molecule has 2 rings (SSSR count). The Morgan fingerprint density at radius 3 is 2.35 bits per heavy atom. The number of rotatable bonds is 3. The van der Waals surface area contributed by atoms with Crippen LogP contribution in [-0.2, 0) is 6.42 Å². The van der Waals surface area contributed by atoms with E-state index in [2.05, 4.69) is 17.6 Å². The van der Waals surface area contributed by atoms with Gasteiger partial charge in [-0.05, 0) is 48.5 Å². The number of thiocarbonyl (C=S) groups is 1. The van der Waals surface area contributed by atoms with E-state index in [1.807, 2.05) is 24.3 Å². The molecule has 0 heterocycles. The molecule has 2 N–H and O–H groups in total. The molecule has 0 aromatic heterocycles. The van der Waals surface area contributed by atoms with Gasteiger partial charge in [0.2, 0.25) is 0 Å². The minimum Gasteiger partial charge on any atom is -0.332 e. The van der Waals surface area contributed by atoms with Crippen molar-refractivity contribution in [3.8, 4) is 0 Å². The molecule has 0 fully saturated rings. The van der Waals surface area contributed by atoms with E-state index in [4.69, 9.17) is 12.2 Å². The summed E-state index contributed by atoms with van der Waals surface area (Å²) in [6, 6.07) is 11.1. The summed E-state index contributed by atoms with van der Waals surface area (Å²) in [5.74, 6) is -1.31. The smallest absolute Gasteiger partial charge is 0.175 e. The number of hydrogen-bond acceptors (Lipinski definition) is 1. The van der Waals surface area contributed by atoms with Crippen LogP contribution in [0, 0.1) is 11.6 Å². The Hall–Kier alpha value is -2.01. The summed E-state index contributed by atoms with van der Waals surface area (Å²) in [7, 11) is 0. The van der Waals surface area contributed by atoms with Gasteiger partial charge in [0.05, 0.1) is 5.69 Å². The van der Waals surface area contributed by atoms with Crippen molar-refractivity contribution in [2.45, 2.75) is 13.3 Å². The first-order valence-corrected chi connectivity index (χ1v) is 6.61. The van der Waals surface area contributed by atoms with Crippen molar-refractivity contribution in [3.63, 3.8) is 0 Å². The zero-order valence-electron chi connectivity index (χ0n) is 10.9. The molecule has 2 nitrogen and oxygen atoms in total. The Balaban J connectivity index is 2.01. The maximum Gasteiger partial charge on any atom is 0.175 e. The highest BCUT2D eigenvalue weighted by Crippen LogP contribution is 2.16. The van der Waals surface area contributed by atoms with Crippen molar-refractivity contribution in [2.75, 3.05) is 10.6 Å². The molecule has 2 aromatic rings. The van der Waals surface area contributed by atoms with Crippen LogP contribution in [0.3, 0.4) is 0 Å². The fraction of sp³-hybridized carbons (Fsp3) is 0.133. The molecule has 20 heavy (non-hydrogen) atoms. The molecule has 5 heteroatoms. The summed E-state index contributed by atoms with van der Waals surface area (Å²) in [6.07, 6.45) is 0.962. The van der Waals surface area contributed by atoms with Gasteiger partial charge in [-0.2, -0.15) is 0 Å². The first kappa shape index (κ1) is 14.4. The van der Waals surface area contributed by atoms with E-state index in [0.717, 1.165) is 18.2 Å². The molecular formula is C15H14F2N2S. The molecular weight excluding hydrogens is 278 g/mol. The van der Waals surface area contributed by atoms with E-state index < -0.39 is 11.6 Å². The van der Waals surface area contributed by atoms with Crippen molar-refractivity contribution >= 4 is 28.7 Å². The molecule has 0 saturated heterocycles. The first-order valence-electron chi connectivity index (χ1n) is 6.20. The zero-order chi connectivity index (χ0) is 14.5. The Morgan fingerprint density at radius 1 is 1.05 bits per heavy atom. The molecule has 0 bridgehead atoms. The molecule has 0 atom stereocenters. The Labute approximate surface area is 121 Å². The van der Waals surface area contributed by atoms with Crippen molar-refractivity contribution in [3.05, 3.63) is 59.7 Å². The Morgan fingerprint density at radius 2 is 1.75 bits per heavy atom. The number of halogens is 2. The number of nitrogens with one attached hydrogen (secondary N) is 2. The van der Waals surface area contributed by atoms with Crippen LogP contribution in [0.15, 0.2) is 42.5 Å². The second-order valence-electron chi connectivity index (χ2n) is 4.25. The largest absolute Gasteiger partial charge is 0.332 e. The molecule has 0 amide bonds. The van der Waals surface area contributed by atoms with Crippen LogP contribution in [0.25, 0.3) is 0 Å². The first-order chi connectivity index (χ1) is 9.58. The normalized spacial score (nSPS) is 10.2. The van der Waals surface area contributed by atoms with Gasteiger partial charge in [-0.25, -0.2) is 8.78 Å². The fourth-order valence-electron chi connectivity index (χ4n) is 1.70. The highest BCUT2D eigenvalue weighted by molar-refractivity contribution is 7.80. The molecule has 0 aliphatic carbocycles. The van der Waals surface area contributed by atoms with Crippen LogP contribution in [0.5, 0.6) is 0 Å². The van der Waals surface area contributed by atoms with Gasteiger partial charge in [0.1, 0.15) is 11.6 Å². The van der Waals surface area contributed by atoms with E-state index in [0.29, 0.717) is 0 Å². The lowest BCUT2D eigenvalue weighted by molar-refractivity contribution is 0.586. The lowest BCUT2D eigenvalue weighted by Crippen LogP contribution is -2.19. The van der Waals surface area contributed by atoms with Crippen LogP contribution in [0.4, 0.5) is 20.2 Å². The summed E-state index contributed by atoms with van der Waals surface area (Å²) in [4.78, 5) is 0. The van der Waals surface area contributed by atoms with Gasteiger partial charge in [0.25, 0.3) is 0 Å². The van der Waals surface area contributed by atoms with Crippen LogP contribution in [0.2, 0.25) is 0 Å². The fourth-order valence-corrected chi connectivity index (χ4v) is 1.93. The van der Waals surface area contributed by atoms with Gasteiger partial charge in [0, 0.05) is 11.8 Å². The number of hydrogen-bond donors (Lipinski definition) is 2. The van der Waals surface area contributed by atoms with E-state index in [1.165, 1.54) is 17.7 Å². The van der Waals surface area contributed by atoms with E-state index in [1.54, 1.807) is 0 Å². The third-order valence-electron chi connectivity index (χ3n) is 2.80. The van der Waals surface area contributed by atoms with Crippen LogP contribution < -0.4 is 10.6 Å². The van der Waals surface area contributed by atoms with Crippen LogP contribution in [-0.4, -0.2) is 5.11 Å². The second kappa shape index (κ2) is 6.43. The lowest BCUT2D eigenvalue weighted by Gasteiger charge is -2.11. The highest BCUT2D eigenvalue weighted by atomic mass is 32.1. The van der Waals surface area contributed by atoms with Crippen molar-refractivity contribution < 1.29 is 8.78 Å². The van der Waals surface area contributed by atoms with Crippen LogP contribution in [0.1, 0.15) is 12.5 Å². The minimum atomic E-state index is -0.685. The third kappa shape index (κ3) is 3.74. The van der Waals surface area contributed by atoms with E-state index in [9.17, 15) is 8.78 Å². The van der Waals surface area contributed by atoms with Gasteiger partial charge in [0.15, 0.2) is 5.11 Å². The minimum absolute atomic E-state index is 0.133. The van der Waals surface area contributed by atoms with Crippen molar-refractivity contribution in [1.82, 2.24) is 0 Å². The van der Waals surface area contributed by atoms with Gasteiger partial charge in [-0.3, -0.25) is 0 Å². The average molecular weight is 292 g/mol. The topological polar surface area (TPSA) is 24.1 Å². The summed E-state index contributed by atoms with van der Waals surface area (Å²) in [5, 5.41) is 5.89. The molecule has 0 saturated carbocycles. The summed E-state index contributed by atoms with van der Waals surface area (Å²) >= 11 is 5.09. The maximum absolute atomic E-state index is 13.5. The molecule has 0 spiro atoms. The Kier molecular flexibility index (Phi) is 4.63.